The molecule has 2 heterocycles. The quantitative estimate of drug-likeness (QED) is 0.689. The Morgan fingerprint density at radius 3 is 2.78 bits per heavy atom. The molecule has 1 aliphatic heterocycles. The molecule has 0 N–H and O–H groups in total. The molecule has 1 aliphatic carbocycles. The third-order valence-corrected chi connectivity index (χ3v) is 5.49. The topological polar surface area (TPSA) is 47.4 Å². The second-order valence-electron chi connectivity index (χ2n) is 7.51. The van der Waals surface area contributed by atoms with Crippen molar-refractivity contribution >= 4 is 16.7 Å². The van der Waals surface area contributed by atoms with Gasteiger partial charge in [-0.1, -0.05) is 24.3 Å². The van der Waals surface area contributed by atoms with Crippen molar-refractivity contribution in [3.05, 3.63) is 48.8 Å². The number of fused-ring (bicyclic) bond motifs is 1. The number of carbonyl (C=O) groups is 1. The van der Waals surface area contributed by atoms with Gasteiger partial charge < -0.3 is 9.64 Å². The first-order valence-electron chi connectivity index (χ1n) is 9.76. The molecule has 5 rings (SSSR count). The Morgan fingerprint density at radius 2 is 1.96 bits per heavy atom. The Kier molecular flexibility index (Phi) is 4.07. The maximum Gasteiger partial charge on any atom is 0.260 e. The van der Waals surface area contributed by atoms with Crippen molar-refractivity contribution in [3.8, 4) is 16.9 Å². The minimum atomic E-state index is 0.0729. The van der Waals surface area contributed by atoms with Crippen molar-refractivity contribution in [2.75, 3.05) is 19.7 Å². The van der Waals surface area contributed by atoms with Crippen LogP contribution < -0.4 is 4.74 Å². The van der Waals surface area contributed by atoms with E-state index in [2.05, 4.69) is 34.2 Å². The van der Waals surface area contributed by atoms with Gasteiger partial charge in [0.25, 0.3) is 5.91 Å². The lowest BCUT2D eigenvalue weighted by Gasteiger charge is -2.16. The fourth-order valence-electron chi connectivity index (χ4n) is 3.82. The van der Waals surface area contributed by atoms with E-state index in [0.29, 0.717) is 6.04 Å². The van der Waals surface area contributed by atoms with Crippen LogP contribution in [0, 0.1) is 0 Å². The van der Waals surface area contributed by atoms with Crippen molar-refractivity contribution < 1.29 is 9.53 Å². The maximum absolute atomic E-state index is 12.3. The zero-order valence-corrected chi connectivity index (χ0v) is 15.3. The maximum atomic E-state index is 12.3. The molecule has 27 heavy (non-hydrogen) atoms. The number of carbonyl (C=O) groups excluding carboxylic acids is 1. The van der Waals surface area contributed by atoms with Crippen LogP contribution in [0.15, 0.2) is 48.8 Å². The molecular formula is C22H23N3O2. The van der Waals surface area contributed by atoms with E-state index in [1.165, 1.54) is 18.2 Å². The highest BCUT2D eigenvalue weighted by atomic mass is 16.5. The predicted octanol–water partition coefficient (Wildman–Crippen LogP) is 4.04. The van der Waals surface area contributed by atoms with Crippen LogP contribution >= 0.6 is 0 Å². The van der Waals surface area contributed by atoms with E-state index >= 15 is 0 Å². The van der Waals surface area contributed by atoms with E-state index in [-0.39, 0.29) is 12.5 Å². The smallest absolute Gasteiger partial charge is 0.260 e. The number of hydrogen-bond donors (Lipinski definition) is 0. The lowest BCUT2D eigenvalue weighted by atomic mass is 10.00. The van der Waals surface area contributed by atoms with Gasteiger partial charge in [-0.2, -0.15) is 5.10 Å². The summed E-state index contributed by atoms with van der Waals surface area (Å²) in [4.78, 5) is 14.2. The Bertz CT molecular complexity index is 984. The third-order valence-electron chi connectivity index (χ3n) is 5.49. The zero-order valence-electron chi connectivity index (χ0n) is 15.3. The van der Waals surface area contributed by atoms with Gasteiger partial charge in [-0.3, -0.25) is 9.48 Å². The molecular weight excluding hydrogens is 338 g/mol. The van der Waals surface area contributed by atoms with Crippen molar-refractivity contribution in [3.63, 3.8) is 0 Å². The van der Waals surface area contributed by atoms with Crippen molar-refractivity contribution in [2.45, 2.75) is 31.7 Å². The van der Waals surface area contributed by atoms with Crippen LogP contribution in [0.4, 0.5) is 0 Å². The summed E-state index contributed by atoms with van der Waals surface area (Å²) in [6.07, 6.45) is 8.67. The number of nitrogens with zero attached hydrogens (tertiary/aromatic N) is 3. The summed E-state index contributed by atoms with van der Waals surface area (Å²) in [7, 11) is 0. The summed E-state index contributed by atoms with van der Waals surface area (Å²) in [6.45, 7) is 1.80. The summed E-state index contributed by atoms with van der Waals surface area (Å²) in [6, 6.07) is 12.9. The molecule has 5 heteroatoms. The fourth-order valence-corrected chi connectivity index (χ4v) is 3.82. The van der Waals surface area contributed by atoms with Gasteiger partial charge in [-0.15, -0.1) is 0 Å². The van der Waals surface area contributed by atoms with Gasteiger partial charge in [0.15, 0.2) is 6.61 Å². The van der Waals surface area contributed by atoms with Crippen LogP contribution in [-0.2, 0) is 4.79 Å². The van der Waals surface area contributed by atoms with Gasteiger partial charge in [0, 0.05) is 24.8 Å². The minimum absolute atomic E-state index is 0.0729. The molecule has 2 aromatic carbocycles. The number of rotatable bonds is 5. The normalized spacial score (nSPS) is 16.8. The summed E-state index contributed by atoms with van der Waals surface area (Å²) in [5, 5.41) is 6.81. The van der Waals surface area contributed by atoms with Gasteiger partial charge in [-0.25, -0.2) is 0 Å². The van der Waals surface area contributed by atoms with Crippen LogP contribution in [0.1, 0.15) is 31.7 Å². The molecule has 1 amide bonds. The molecule has 0 radical (unpaired) electrons. The lowest BCUT2D eigenvalue weighted by Crippen LogP contribution is -2.32. The van der Waals surface area contributed by atoms with E-state index in [1.807, 2.05) is 29.3 Å². The molecule has 138 valence electrons. The largest absolute Gasteiger partial charge is 0.484 e. The fraction of sp³-hybridized carbons (Fsp3) is 0.364. The van der Waals surface area contributed by atoms with Crippen LogP contribution in [0.2, 0.25) is 0 Å². The number of ether oxygens (including phenoxy) is 1. The van der Waals surface area contributed by atoms with Gasteiger partial charge >= 0.3 is 0 Å². The summed E-state index contributed by atoms with van der Waals surface area (Å²) in [5.41, 5.74) is 2.19. The molecule has 0 spiro atoms. The molecule has 0 bridgehead atoms. The number of likely N-dealkylation sites (tertiary alicyclic amines) is 1. The summed E-state index contributed by atoms with van der Waals surface area (Å²) in [5.74, 6) is 0.805. The van der Waals surface area contributed by atoms with Gasteiger partial charge in [0.2, 0.25) is 0 Å². The average Bonchev–Trinajstić information content (AvgIpc) is 3.20. The highest BCUT2D eigenvalue weighted by Gasteiger charge is 2.24. The third kappa shape index (κ3) is 3.29. The number of aromatic nitrogens is 2. The Balaban J connectivity index is 1.45. The van der Waals surface area contributed by atoms with E-state index < -0.39 is 0 Å². The minimum Gasteiger partial charge on any atom is -0.484 e. The second-order valence-corrected chi connectivity index (χ2v) is 7.51. The van der Waals surface area contributed by atoms with Crippen LogP contribution in [0.3, 0.4) is 0 Å². The molecule has 1 aromatic heterocycles. The number of hydrogen-bond acceptors (Lipinski definition) is 3. The Labute approximate surface area is 158 Å². The van der Waals surface area contributed by atoms with Gasteiger partial charge in [-0.05, 0) is 54.2 Å². The van der Waals surface area contributed by atoms with Gasteiger partial charge in [0.05, 0.1) is 12.2 Å². The van der Waals surface area contributed by atoms with Crippen molar-refractivity contribution in [1.29, 1.82) is 0 Å². The molecule has 1 saturated carbocycles. The Morgan fingerprint density at radius 1 is 1.15 bits per heavy atom. The van der Waals surface area contributed by atoms with E-state index in [0.717, 1.165) is 48.2 Å². The molecule has 1 saturated heterocycles. The van der Waals surface area contributed by atoms with E-state index in [9.17, 15) is 4.79 Å². The second kappa shape index (κ2) is 6.72. The average molecular weight is 361 g/mol. The van der Waals surface area contributed by atoms with Gasteiger partial charge in [0.1, 0.15) is 5.75 Å². The molecule has 3 aromatic rings. The predicted molar refractivity (Wildman–Crippen MR) is 105 cm³/mol. The van der Waals surface area contributed by atoms with E-state index in [1.54, 1.807) is 0 Å². The number of benzene rings is 2. The first-order chi connectivity index (χ1) is 13.3. The van der Waals surface area contributed by atoms with E-state index in [4.69, 9.17) is 4.74 Å². The van der Waals surface area contributed by atoms with Crippen molar-refractivity contribution in [2.24, 2.45) is 0 Å². The monoisotopic (exact) mass is 361 g/mol. The molecule has 2 aliphatic rings. The molecule has 0 unspecified atom stereocenters. The molecule has 0 atom stereocenters. The highest BCUT2D eigenvalue weighted by molar-refractivity contribution is 5.97. The summed E-state index contributed by atoms with van der Waals surface area (Å²) < 4.78 is 7.96. The first-order valence-corrected chi connectivity index (χ1v) is 9.76. The number of amides is 1. The van der Waals surface area contributed by atoms with Crippen LogP contribution in [0.25, 0.3) is 21.9 Å². The standard InChI is InChI=1S/C22H23N3O2/c26-22(24-9-3-4-10-24)15-27-19-11-16-5-1-2-6-20(16)21(12-19)17-13-23-25(14-17)18-7-8-18/h1-2,5-6,11-14,18H,3-4,7-10,15H2. The first kappa shape index (κ1) is 16.4. The summed E-state index contributed by atoms with van der Waals surface area (Å²) >= 11 is 0. The zero-order chi connectivity index (χ0) is 18.2. The SMILES string of the molecule is O=C(COc1cc(-c2cnn(C3CC3)c2)c2ccccc2c1)N1CCCC1. The highest BCUT2D eigenvalue weighted by Crippen LogP contribution is 2.37. The van der Waals surface area contributed by atoms with Crippen molar-refractivity contribution in [1.82, 2.24) is 14.7 Å². The van der Waals surface area contributed by atoms with Crippen LogP contribution in [-0.4, -0.2) is 40.3 Å². The molecule has 2 fully saturated rings. The molecule has 5 nitrogen and oxygen atoms in total. The van der Waals surface area contributed by atoms with Crippen LogP contribution in [0.5, 0.6) is 5.75 Å². The Hall–Kier alpha value is -2.82. The lowest BCUT2D eigenvalue weighted by molar-refractivity contribution is -0.132.